The van der Waals surface area contributed by atoms with Crippen molar-refractivity contribution in [2.75, 3.05) is 27.9 Å². The standard InChI is InChI=1S/C18H21NO4/c1-21-16-6-4-13(10-15(16)20)8-9-19-12-14-5-7-17(22-2)18(11-14)23-3/h4-7,10-12,20H,8-9H2,1-3H3. The van der Waals surface area contributed by atoms with Crippen LogP contribution in [0.25, 0.3) is 0 Å². The molecule has 0 aliphatic rings. The number of benzene rings is 2. The number of hydrogen-bond acceptors (Lipinski definition) is 5. The van der Waals surface area contributed by atoms with E-state index < -0.39 is 0 Å². The zero-order valence-electron chi connectivity index (χ0n) is 13.6. The highest BCUT2D eigenvalue weighted by Gasteiger charge is 2.03. The minimum absolute atomic E-state index is 0.147. The van der Waals surface area contributed by atoms with E-state index in [1.807, 2.05) is 24.3 Å². The van der Waals surface area contributed by atoms with Gasteiger partial charge in [-0.25, -0.2) is 0 Å². The largest absolute Gasteiger partial charge is 0.504 e. The van der Waals surface area contributed by atoms with Gasteiger partial charge < -0.3 is 19.3 Å². The molecule has 0 saturated heterocycles. The third kappa shape index (κ3) is 4.39. The van der Waals surface area contributed by atoms with Gasteiger partial charge in [0.15, 0.2) is 23.0 Å². The number of hydrogen-bond donors (Lipinski definition) is 1. The first-order valence-electron chi connectivity index (χ1n) is 7.25. The number of ether oxygens (including phenoxy) is 3. The summed E-state index contributed by atoms with van der Waals surface area (Å²) in [5, 5.41) is 9.74. The van der Waals surface area contributed by atoms with Crippen LogP contribution >= 0.6 is 0 Å². The number of aromatic hydroxyl groups is 1. The van der Waals surface area contributed by atoms with Crippen molar-refractivity contribution in [1.82, 2.24) is 0 Å². The maximum atomic E-state index is 9.74. The molecule has 0 saturated carbocycles. The summed E-state index contributed by atoms with van der Waals surface area (Å²) in [4.78, 5) is 4.41. The molecule has 0 radical (unpaired) electrons. The summed E-state index contributed by atoms with van der Waals surface area (Å²) >= 11 is 0. The van der Waals surface area contributed by atoms with E-state index in [1.165, 1.54) is 7.11 Å². The summed E-state index contributed by atoms with van der Waals surface area (Å²) in [6, 6.07) is 11.0. The molecule has 0 unspecified atom stereocenters. The molecule has 5 heteroatoms. The van der Waals surface area contributed by atoms with Gasteiger partial charge >= 0.3 is 0 Å². The lowest BCUT2D eigenvalue weighted by molar-refractivity contribution is 0.355. The third-order valence-electron chi connectivity index (χ3n) is 3.42. The van der Waals surface area contributed by atoms with Gasteiger partial charge in [-0.3, -0.25) is 4.99 Å². The number of phenols is 1. The number of rotatable bonds is 7. The molecule has 5 nitrogen and oxygen atoms in total. The fourth-order valence-electron chi connectivity index (χ4n) is 2.19. The quantitative estimate of drug-likeness (QED) is 0.798. The smallest absolute Gasteiger partial charge is 0.161 e. The fraction of sp³-hybridized carbons (Fsp3) is 0.278. The van der Waals surface area contributed by atoms with Crippen molar-refractivity contribution in [3.05, 3.63) is 47.5 Å². The number of methoxy groups -OCH3 is 3. The third-order valence-corrected chi connectivity index (χ3v) is 3.42. The van der Waals surface area contributed by atoms with Gasteiger partial charge in [0.2, 0.25) is 0 Å². The number of phenolic OH excluding ortho intramolecular Hbond substituents is 1. The van der Waals surface area contributed by atoms with Crippen molar-refractivity contribution in [2.24, 2.45) is 4.99 Å². The van der Waals surface area contributed by atoms with Crippen LogP contribution in [-0.2, 0) is 6.42 Å². The minimum Gasteiger partial charge on any atom is -0.504 e. The van der Waals surface area contributed by atoms with Gasteiger partial charge in [-0.1, -0.05) is 6.07 Å². The molecule has 23 heavy (non-hydrogen) atoms. The van der Waals surface area contributed by atoms with Crippen molar-refractivity contribution < 1.29 is 19.3 Å². The van der Waals surface area contributed by atoms with Crippen molar-refractivity contribution in [2.45, 2.75) is 6.42 Å². The average Bonchev–Trinajstić information content (AvgIpc) is 2.58. The highest BCUT2D eigenvalue weighted by Crippen LogP contribution is 2.27. The fourth-order valence-corrected chi connectivity index (χ4v) is 2.19. The maximum absolute atomic E-state index is 9.74. The summed E-state index contributed by atoms with van der Waals surface area (Å²) in [5.41, 5.74) is 1.95. The summed E-state index contributed by atoms with van der Waals surface area (Å²) in [6.45, 7) is 0.625. The summed E-state index contributed by atoms with van der Waals surface area (Å²) in [6.07, 6.45) is 2.53. The van der Waals surface area contributed by atoms with Crippen molar-refractivity contribution in [3.63, 3.8) is 0 Å². The number of nitrogens with zero attached hydrogens (tertiary/aromatic N) is 1. The van der Waals surface area contributed by atoms with E-state index in [1.54, 1.807) is 32.6 Å². The van der Waals surface area contributed by atoms with Crippen molar-refractivity contribution in [3.8, 4) is 23.0 Å². The molecule has 0 bridgehead atoms. The van der Waals surface area contributed by atoms with Gasteiger partial charge in [0.25, 0.3) is 0 Å². The normalized spacial score (nSPS) is 10.7. The Bertz CT molecular complexity index is 683. The van der Waals surface area contributed by atoms with Gasteiger partial charge in [-0.05, 0) is 47.9 Å². The molecule has 2 rings (SSSR count). The molecule has 2 aromatic carbocycles. The first-order chi connectivity index (χ1) is 11.2. The summed E-state index contributed by atoms with van der Waals surface area (Å²) in [5.74, 6) is 1.99. The molecule has 122 valence electrons. The average molecular weight is 315 g/mol. The monoisotopic (exact) mass is 315 g/mol. The number of aliphatic imine (C=N–C) groups is 1. The van der Waals surface area contributed by atoms with Crippen LogP contribution in [0.3, 0.4) is 0 Å². The Morgan fingerprint density at radius 3 is 2.26 bits per heavy atom. The Morgan fingerprint density at radius 1 is 0.913 bits per heavy atom. The van der Waals surface area contributed by atoms with Crippen LogP contribution in [0.2, 0.25) is 0 Å². The highest BCUT2D eigenvalue weighted by atomic mass is 16.5. The molecule has 0 heterocycles. The lowest BCUT2D eigenvalue weighted by Crippen LogP contribution is -1.94. The second kappa shape index (κ2) is 8.08. The molecule has 0 atom stereocenters. The molecule has 0 aliphatic carbocycles. The molecule has 1 N–H and O–H groups in total. The first-order valence-corrected chi connectivity index (χ1v) is 7.25. The topological polar surface area (TPSA) is 60.3 Å². The Morgan fingerprint density at radius 2 is 1.61 bits per heavy atom. The second-order valence-electron chi connectivity index (χ2n) is 4.91. The van der Waals surface area contributed by atoms with Crippen LogP contribution in [0.5, 0.6) is 23.0 Å². The van der Waals surface area contributed by atoms with Gasteiger partial charge in [-0.15, -0.1) is 0 Å². The van der Waals surface area contributed by atoms with Gasteiger partial charge in [-0.2, -0.15) is 0 Å². The zero-order valence-corrected chi connectivity index (χ0v) is 13.6. The van der Waals surface area contributed by atoms with E-state index in [4.69, 9.17) is 14.2 Å². The minimum atomic E-state index is 0.147. The van der Waals surface area contributed by atoms with Crippen molar-refractivity contribution in [1.29, 1.82) is 0 Å². The Labute approximate surface area is 136 Å². The zero-order chi connectivity index (χ0) is 16.7. The van der Waals surface area contributed by atoms with Gasteiger partial charge in [0, 0.05) is 12.8 Å². The molecule has 0 aromatic heterocycles. The van der Waals surface area contributed by atoms with Crippen LogP contribution in [0.1, 0.15) is 11.1 Å². The van der Waals surface area contributed by atoms with E-state index in [9.17, 15) is 5.11 Å². The first kappa shape index (κ1) is 16.7. The van der Waals surface area contributed by atoms with Gasteiger partial charge in [0.05, 0.1) is 21.3 Å². The molecule has 0 fully saturated rings. The van der Waals surface area contributed by atoms with Crippen LogP contribution in [0, 0.1) is 0 Å². The van der Waals surface area contributed by atoms with Gasteiger partial charge in [0.1, 0.15) is 0 Å². The molecular formula is C18H21NO4. The Balaban J connectivity index is 1.95. The van der Waals surface area contributed by atoms with E-state index in [-0.39, 0.29) is 5.75 Å². The van der Waals surface area contributed by atoms with Crippen molar-refractivity contribution >= 4 is 6.21 Å². The van der Waals surface area contributed by atoms with E-state index in [2.05, 4.69) is 4.99 Å². The van der Waals surface area contributed by atoms with Crippen LogP contribution in [-0.4, -0.2) is 39.2 Å². The summed E-state index contributed by atoms with van der Waals surface area (Å²) < 4.78 is 15.5. The SMILES string of the molecule is COc1ccc(CCN=Cc2ccc(OC)c(OC)c2)cc1O. The predicted octanol–water partition coefficient (Wildman–Crippen LogP) is 3.08. The molecule has 0 spiro atoms. The summed E-state index contributed by atoms with van der Waals surface area (Å²) in [7, 11) is 4.74. The van der Waals surface area contributed by atoms with Crippen LogP contribution < -0.4 is 14.2 Å². The molecule has 2 aromatic rings. The van der Waals surface area contributed by atoms with E-state index in [0.29, 0.717) is 23.8 Å². The lowest BCUT2D eigenvalue weighted by atomic mass is 10.1. The van der Waals surface area contributed by atoms with Crippen LogP contribution in [0.4, 0.5) is 0 Å². The Kier molecular flexibility index (Phi) is 5.86. The maximum Gasteiger partial charge on any atom is 0.161 e. The predicted molar refractivity (Wildman–Crippen MR) is 90.4 cm³/mol. The molecular weight excluding hydrogens is 294 g/mol. The highest BCUT2D eigenvalue weighted by molar-refractivity contribution is 5.80. The lowest BCUT2D eigenvalue weighted by Gasteiger charge is -2.07. The van der Waals surface area contributed by atoms with E-state index >= 15 is 0 Å². The Hall–Kier alpha value is -2.69. The molecule has 0 amide bonds. The second-order valence-corrected chi connectivity index (χ2v) is 4.91. The molecule has 0 aliphatic heterocycles. The van der Waals surface area contributed by atoms with Crippen LogP contribution in [0.15, 0.2) is 41.4 Å². The van der Waals surface area contributed by atoms with E-state index in [0.717, 1.165) is 17.5 Å².